The van der Waals surface area contributed by atoms with Crippen LogP contribution in [0.25, 0.3) is 0 Å². The number of aliphatic carboxylic acids is 1. The summed E-state index contributed by atoms with van der Waals surface area (Å²) < 4.78 is 11.8. The smallest absolute Gasteiger partial charge is 0.303 e. The van der Waals surface area contributed by atoms with Gasteiger partial charge in [-0.25, -0.2) is 0 Å². The predicted molar refractivity (Wildman–Crippen MR) is 136 cm³/mol. The summed E-state index contributed by atoms with van der Waals surface area (Å²) in [6.07, 6.45) is 2.49. The Labute approximate surface area is 205 Å². The Kier molecular flexibility index (Phi) is 8.22. The Bertz CT molecular complexity index is 1150. The molecule has 1 heterocycles. The monoisotopic (exact) mass is 474 g/mol. The summed E-state index contributed by atoms with van der Waals surface area (Å²) in [6, 6.07) is 23.0. The summed E-state index contributed by atoms with van der Waals surface area (Å²) >= 11 is 0. The molecule has 0 bridgehead atoms. The van der Waals surface area contributed by atoms with E-state index in [1.807, 2.05) is 42.5 Å². The van der Waals surface area contributed by atoms with Crippen molar-refractivity contribution in [3.63, 3.8) is 0 Å². The van der Waals surface area contributed by atoms with Crippen molar-refractivity contribution in [1.29, 1.82) is 0 Å². The Hall–Kier alpha value is -4.00. The van der Waals surface area contributed by atoms with E-state index in [1.54, 1.807) is 18.2 Å². The lowest BCUT2D eigenvalue weighted by Gasteiger charge is -2.32. The largest absolute Gasteiger partial charge is 0.494 e. The van der Waals surface area contributed by atoms with Gasteiger partial charge in [-0.05, 0) is 55.2 Å². The molecule has 35 heavy (non-hydrogen) atoms. The van der Waals surface area contributed by atoms with Gasteiger partial charge in [0.2, 0.25) is 0 Å². The van der Waals surface area contributed by atoms with Crippen molar-refractivity contribution in [3.8, 4) is 11.5 Å². The van der Waals surface area contributed by atoms with Crippen LogP contribution < -0.4 is 19.7 Å². The molecule has 0 radical (unpaired) electrons. The van der Waals surface area contributed by atoms with E-state index < -0.39 is 5.97 Å². The quantitative estimate of drug-likeness (QED) is 0.380. The number of ether oxygens (including phenoxy) is 2. The van der Waals surface area contributed by atoms with Gasteiger partial charge in [-0.1, -0.05) is 42.5 Å². The van der Waals surface area contributed by atoms with E-state index in [-0.39, 0.29) is 12.3 Å². The number of hydrogen-bond donors (Lipinski definition) is 2. The summed E-state index contributed by atoms with van der Waals surface area (Å²) in [5.74, 6) is 0.207. The van der Waals surface area contributed by atoms with Gasteiger partial charge in [0.25, 0.3) is 5.91 Å². The number of carbonyl (C=O) groups excluding carboxylic acids is 1. The molecule has 1 aliphatic rings. The maximum Gasteiger partial charge on any atom is 0.303 e. The first-order valence-corrected chi connectivity index (χ1v) is 11.9. The molecule has 3 aromatic carbocycles. The standard InChI is InChI=1S/C28H30N2O5/c31-26(32)15-6-16-30-17-19-35-27-24(13-5-14-25(27)30)29-28(33)22-11-4-12-23(20-22)34-18-7-10-21-8-2-1-3-9-21/h1-5,8-9,11-14,20H,6-7,10,15-19H2,(H,29,33)(H,31,32). The number of anilines is 2. The number of nitrogens with zero attached hydrogens (tertiary/aromatic N) is 1. The van der Waals surface area contributed by atoms with Gasteiger partial charge < -0.3 is 24.8 Å². The van der Waals surface area contributed by atoms with E-state index in [0.29, 0.717) is 55.5 Å². The average Bonchev–Trinajstić information content (AvgIpc) is 2.88. The second-order valence-corrected chi connectivity index (χ2v) is 8.41. The lowest BCUT2D eigenvalue weighted by molar-refractivity contribution is -0.137. The fourth-order valence-electron chi connectivity index (χ4n) is 4.09. The first-order chi connectivity index (χ1) is 17.1. The van der Waals surface area contributed by atoms with Gasteiger partial charge in [-0.15, -0.1) is 0 Å². The Morgan fingerprint density at radius 3 is 2.66 bits per heavy atom. The maximum atomic E-state index is 13.0. The maximum absolute atomic E-state index is 13.0. The fourth-order valence-corrected chi connectivity index (χ4v) is 4.09. The number of carbonyl (C=O) groups is 2. The van der Waals surface area contributed by atoms with Gasteiger partial charge in [0.05, 0.1) is 24.5 Å². The molecule has 0 saturated carbocycles. The van der Waals surface area contributed by atoms with Crippen LogP contribution in [0.5, 0.6) is 11.5 Å². The normalized spacial score (nSPS) is 12.4. The zero-order valence-electron chi connectivity index (χ0n) is 19.6. The van der Waals surface area contributed by atoms with Crippen molar-refractivity contribution in [3.05, 3.63) is 83.9 Å². The Morgan fingerprint density at radius 2 is 1.83 bits per heavy atom. The highest BCUT2D eigenvalue weighted by Gasteiger charge is 2.22. The lowest BCUT2D eigenvalue weighted by Crippen LogP contribution is -2.34. The highest BCUT2D eigenvalue weighted by atomic mass is 16.5. The number of hydrogen-bond acceptors (Lipinski definition) is 5. The Balaban J connectivity index is 1.36. The molecule has 0 spiro atoms. The number of carboxylic acids is 1. The summed E-state index contributed by atoms with van der Waals surface area (Å²) in [4.78, 5) is 25.9. The summed E-state index contributed by atoms with van der Waals surface area (Å²) in [6.45, 7) is 2.33. The van der Waals surface area contributed by atoms with Crippen molar-refractivity contribution in [1.82, 2.24) is 0 Å². The van der Waals surface area contributed by atoms with E-state index in [4.69, 9.17) is 14.6 Å². The van der Waals surface area contributed by atoms with Crippen LogP contribution in [0.1, 0.15) is 35.2 Å². The lowest BCUT2D eigenvalue weighted by atomic mass is 10.1. The molecule has 2 N–H and O–H groups in total. The van der Waals surface area contributed by atoms with Crippen molar-refractivity contribution < 1.29 is 24.2 Å². The molecule has 0 atom stereocenters. The molecule has 1 amide bonds. The van der Waals surface area contributed by atoms with Crippen LogP contribution in [0, 0.1) is 0 Å². The molecule has 4 rings (SSSR count). The minimum absolute atomic E-state index is 0.119. The van der Waals surface area contributed by atoms with E-state index in [1.165, 1.54) is 5.56 Å². The van der Waals surface area contributed by atoms with E-state index >= 15 is 0 Å². The van der Waals surface area contributed by atoms with Crippen LogP contribution in [0.4, 0.5) is 11.4 Å². The number of carboxylic acid groups (broad SMARTS) is 1. The van der Waals surface area contributed by atoms with Gasteiger partial charge in [0.1, 0.15) is 12.4 Å². The van der Waals surface area contributed by atoms with Crippen molar-refractivity contribution in [2.45, 2.75) is 25.7 Å². The van der Waals surface area contributed by atoms with Crippen LogP contribution in [0.15, 0.2) is 72.8 Å². The minimum Gasteiger partial charge on any atom is -0.494 e. The molecule has 0 fully saturated rings. The van der Waals surface area contributed by atoms with Gasteiger partial charge in [-0.3, -0.25) is 9.59 Å². The van der Waals surface area contributed by atoms with E-state index in [9.17, 15) is 9.59 Å². The first-order valence-electron chi connectivity index (χ1n) is 11.9. The van der Waals surface area contributed by atoms with Crippen molar-refractivity contribution >= 4 is 23.3 Å². The SMILES string of the molecule is O=C(O)CCCN1CCOc2c(NC(=O)c3cccc(OCCCc4ccccc4)c3)cccc21. The molecule has 0 unspecified atom stereocenters. The highest BCUT2D eigenvalue weighted by Crippen LogP contribution is 2.38. The number of amides is 1. The zero-order chi connectivity index (χ0) is 24.5. The highest BCUT2D eigenvalue weighted by molar-refractivity contribution is 6.05. The fraction of sp³-hybridized carbons (Fsp3) is 0.286. The Morgan fingerprint density at radius 1 is 1.00 bits per heavy atom. The van der Waals surface area contributed by atoms with Crippen molar-refractivity contribution in [2.24, 2.45) is 0 Å². The summed E-state index contributed by atoms with van der Waals surface area (Å²) in [7, 11) is 0. The number of benzene rings is 3. The van der Waals surface area contributed by atoms with Gasteiger partial charge in [-0.2, -0.15) is 0 Å². The zero-order valence-corrected chi connectivity index (χ0v) is 19.6. The number of fused-ring (bicyclic) bond motifs is 1. The molecule has 0 aromatic heterocycles. The summed E-state index contributed by atoms with van der Waals surface area (Å²) in [5, 5.41) is 11.9. The van der Waals surface area contributed by atoms with Crippen LogP contribution >= 0.6 is 0 Å². The minimum atomic E-state index is -0.804. The third-order valence-corrected chi connectivity index (χ3v) is 5.83. The first kappa shape index (κ1) is 24.1. The van der Waals surface area contributed by atoms with Crippen LogP contribution in [0.3, 0.4) is 0 Å². The van der Waals surface area contributed by atoms with Crippen molar-refractivity contribution in [2.75, 3.05) is 36.5 Å². The number of aryl methyl sites for hydroxylation is 1. The molecule has 0 saturated heterocycles. The van der Waals surface area contributed by atoms with E-state index in [0.717, 1.165) is 18.5 Å². The summed E-state index contributed by atoms with van der Waals surface area (Å²) in [5.41, 5.74) is 3.22. The van der Waals surface area contributed by atoms with Gasteiger partial charge in [0.15, 0.2) is 5.75 Å². The molecular weight excluding hydrogens is 444 g/mol. The number of para-hydroxylation sites is 1. The number of rotatable bonds is 11. The third-order valence-electron chi connectivity index (χ3n) is 5.83. The average molecular weight is 475 g/mol. The van der Waals surface area contributed by atoms with Crippen LogP contribution in [0.2, 0.25) is 0 Å². The molecule has 7 nitrogen and oxygen atoms in total. The molecular formula is C28H30N2O5. The van der Waals surface area contributed by atoms with Crippen LogP contribution in [-0.2, 0) is 11.2 Å². The second kappa shape index (κ2) is 11.9. The predicted octanol–water partition coefficient (Wildman–Crippen LogP) is 5.01. The van der Waals surface area contributed by atoms with Gasteiger partial charge in [0, 0.05) is 18.5 Å². The molecule has 1 aliphatic heterocycles. The molecule has 3 aromatic rings. The van der Waals surface area contributed by atoms with E-state index in [2.05, 4.69) is 22.3 Å². The molecule has 7 heteroatoms. The second-order valence-electron chi connectivity index (χ2n) is 8.41. The van der Waals surface area contributed by atoms with Gasteiger partial charge >= 0.3 is 5.97 Å². The third kappa shape index (κ3) is 6.76. The molecule has 0 aliphatic carbocycles. The number of nitrogens with one attached hydrogen (secondary N) is 1. The van der Waals surface area contributed by atoms with Crippen LogP contribution in [-0.4, -0.2) is 43.3 Å². The topological polar surface area (TPSA) is 88.1 Å². The molecule has 182 valence electrons.